The molecule has 6 nitrogen and oxygen atoms in total. The molecule has 7 heteroatoms. The quantitative estimate of drug-likeness (QED) is 0.854. The second kappa shape index (κ2) is 7.33. The Morgan fingerprint density at radius 3 is 2.95 bits per heavy atom. The van der Waals surface area contributed by atoms with Gasteiger partial charge in [0.15, 0.2) is 0 Å². The molecule has 1 heterocycles. The van der Waals surface area contributed by atoms with E-state index in [2.05, 4.69) is 10.6 Å². The van der Waals surface area contributed by atoms with Crippen LogP contribution in [0.25, 0.3) is 0 Å². The molecule has 1 saturated heterocycles. The molecule has 1 aliphatic rings. The summed E-state index contributed by atoms with van der Waals surface area (Å²) in [6, 6.07) is 5.15. The number of nitrogens with zero attached hydrogens (tertiary/aromatic N) is 1. The Morgan fingerprint density at radius 2 is 2.27 bits per heavy atom. The normalized spacial score (nSPS) is 21.2. The van der Waals surface area contributed by atoms with Crippen LogP contribution in [0.4, 0.5) is 10.1 Å². The lowest BCUT2D eigenvalue weighted by Gasteiger charge is -2.32. The Balaban J connectivity index is 1.89. The Morgan fingerprint density at radius 1 is 1.50 bits per heavy atom. The third kappa shape index (κ3) is 4.25. The van der Waals surface area contributed by atoms with Crippen molar-refractivity contribution >= 4 is 17.5 Å². The van der Waals surface area contributed by atoms with Gasteiger partial charge in [-0.3, -0.25) is 9.59 Å². The number of ether oxygens (including phenoxy) is 1. The average molecular weight is 309 g/mol. The smallest absolute Gasteiger partial charge is 0.243 e. The van der Waals surface area contributed by atoms with Crippen molar-refractivity contribution < 1.29 is 18.7 Å². The van der Waals surface area contributed by atoms with Gasteiger partial charge >= 0.3 is 0 Å². The van der Waals surface area contributed by atoms with Crippen LogP contribution in [0.2, 0.25) is 0 Å². The van der Waals surface area contributed by atoms with Crippen LogP contribution in [0.5, 0.6) is 0 Å². The van der Waals surface area contributed by atoms with Gasteiger partial charge in [-0.1, -0.05) is 6.07 Å². The first-order valence-electron chi connectivity index (χ1n) is 7.13. The molecule has 0 saturated carbocycles. The zero-order chi connectivity index (χ0) is 16.1. The van der Waals surface area contributed by atoms with Crippen LogP contribution >= 0.6 is 0 Å². The molecule has 120 valence electrons. The summed E-state index contributed by atoms with van der Waals surface area (Å²) < 4.78 is 18.5. The van der Waals surface area contributed by atoms with Gasteiger partial charge in [-0.2, -0.15) is 0 Å². The zero-order valence-electron chi connectivity index (χ0n) is 12.6. The Kier molecular flexibility index (Phi) is 5.46. The van der Waals surface area contributed by atoms with Crippen molar-refractivity contribution in [2.24, 2.45) is 0 Å². The predicted octanol–water partition coefficient (Wildman–Crippen LogP) is 0.599. The second-order valence-electron chi connectivity index (χ2n) is 5.26. The highest BCUT2D eigenvalue weighted by molar-refractivity contribution is 5.95. The highest BCUT2D eigenvalue weighted by Gasteiger charge is 2.31. The summed E-state index contributed by atoms with van der Waals surface area (Å²) in [4.78, 5) is 25.5. The summed E-state index contributed by atoms with van der Waals surface area (Å²) in [5.41, 5.74) is 0.360. The molecule has 2 atom stereocenters. The fourth-order valence-corrected chi connectivity index (χ4v) is 2.31. The largest absolute Gasteiger partial charge is 0.375 e. The van der Waals surface area contributed by atoms with E-state index in [1.807, 2.05) is 6.92 Å². The molecule has 2 N–H and O–H groups in total. The molecule has 1 aromatic rings. The van der Waals surface area contributed by atoms with Crippen LogP contribution in [0.3, 0.4) is 0 Å². The highest BCUT2D eigenvalue weighted by Crippen LogP contribution is 2.10. The number of morpholine rings is 1. The number of rotatable bonds is 4. The predicted molar refractivity (Wildman–Crippen MR) is 79.9 cm³/mol. The molecule has 0 radical (unpaired) electrons. The van der Waals surface area contributed by atoms with Gasteiger partial charge < -0.3 is 20.3 Å². The summed E-state index contributed by atoms with van der Waals surface area (Å²) >= 11 is 0. The molecule has 1 aromatic carbocycles. The Hall–Kier alpha value is -1.99. The molecular formula is C15H20FN3O3. The molecule has 0 aromatic heterocycles. The molecule has 22 heavy (non-hydrogen) atoms. The van der Waals surface area contributed by atoms with E-state index in [9.17, 15) is 14.0 Å². The van der Waals surface area contributed by atoms with E-state index < -0.39 is 11.9 Å². The lowest BCUT2D eigenvalue weighted by molar-refractivity contribution is -0.140. The molecule has 2 amide bonds. The van der Waals surface area contributed by atoms with Crippen LogP contribution in [0.15, 0.2) is 24.3 Å². The fraction of sp³-hybridized carbons (Fsp3) is 0.467. The summed E-state index contributed by atoms with van der Waals surface area (Å²) in [6.07, 6.45) is -0.241. The summed E-state index contributed by atoms with van der Waals surface area (Å²) in [5, 5.41) is 5.64. The van der Waals surface area contributed by atoms with Crippen molar-refractivity contribution in [3.05, 3.63) is 30.1 Å². The van der Waals surface area contributed by atoms with Gasteiger partial charge in [0, 0.05) is 19.3 Å². The third-order valence-electron chi connectivity index (χ3n) is 3.45. The summed E-state index contributed by atoms with van der Waals surface area (Å²) in [6.45, 7) is 2.87. The van der Waals surface area contributed by atoms with Crippen LogP contribution < -0.4 is 10.6 Å². The molecule has 0 spiro atoms. The summed E-state index contributed by atoms with van der Waals surface area (Å²) in [5.74, 6) is -1.02. The molecule has 0 bridgehead atoms. The first kappa shape index (κ1) is 16.4. The Labute approximate surface area is 128 Å². The number of amides is 2. The van der Waals surface area contributed by atoms with Crippen molar-refractivity contribution in [1.29, 1.82) is 0 Å². The van der Waals surface area contributed by atoms with Crippen molar-refractivity contribution in [2.75, 3.05) is 32.1 Å². The number of benzene rings is 1. The topological polar surface area (TPSA) is 70.7 Å². The number of nitrogens with one attached hydrogen (secondary N) is 2. The minimum absolute atomic E-state index is 0.111. The highest BCUT2D eigenvalue weighted by atomic mass is 19.1. The van der Waals surface area contributed by atoms with Crippen LogP contribution in [-0.2, 0) is 14.3 Å². The minimum atomic E-state index is -0.458. The van der Waals surface area contributed by atoms with Gasteiger partial charge in [0.2, 0.25) is 11.8 Å². The van der Waals surface area contributed by atoms with Crippen molar-refractivity contribution in [3.8, 4) is 0 Å². The number of hydrogen-bond donors (Lipinski definition) is 2. The van der Waals surface area contributed by atoms with E-state index in [1.54, 1.807) is 13.1 Å². The molecule has 0 aliphatic carbocycles. The van der Waals surface area contributed by atoms with Crippen LogP contribution in [0.1, 0.15) is 6.92 Å². The van der Waals surface area contributed by atoms with Gasteiger partial charge in [-0.15, -0.1) is 0 Å². The first-order chi connectivity index (χ1) is 10.5. The maximum Gasteiger partial charge on any atom is 0.243 e. The molecule has 0 unspecified atom stereocenters. The number of halogens is 1. The summed E-state index contributed by atoms with van der Waals surface area (Å²) in [7, 11) is 1.55. The number of carbonyl (C=O) groups is 2. The SMILES string of the molecule is C[C@H]1OCCN[C@@H]1C(=O)N(C)CC(=O)Nc1cccc(F)c1. The monoisotopic (exact) mass is 309 g/mol. The van der Waals surface area contributed by atoms with E-state index in [0.717, 1.165) is 0 Å². The number of likely N-dealkylation sites (N-methyl/N-ethyl adjacent to an activating group) is 1. The first-order valence-corrected chi connectivity index (χ1v) is 7.13. The average Bonchev–Trinajstić information content (AvgIpc) is 2.46. The van der Waals surface area contributed by atoms with E-state index in [-0.39, 0.29) is 24.5 Å². The van der Waals surface area contributed by atoms with E-state index >= 15 is 0 Å². The van der Waals surface area contributed by atoms with Crippen molar-refractivity contribution in [2.45, 2.75) is 19.1 Å². The lowest BCUT2D eigenvalue weighted by atomic mass is 10.1. The molecular weight excluding hydrogens is 289 g/mol. The molecule has 2 rings (SSSR count). The van der Waals surface area contributed by atoms with Crippen molar-refractivity contribution in [3.63, 3.8) is 0 Å². The molecule has 1 fully saturated rings. The van der Waals surface area contributed by atoms with Gasteiger partial charge in [-0.05, 0) is 25.1 Å². The van der Waals surface area contributed by atoms with Crippen LogP contribution in [0, 0.1) is 5.82 Å². The zero-order valence-corrected chi connectivity index (χ0v) is 12.6. The maximum absolute atomic E-state index is 13.1. The fourth-order valence-electron chi connectivity index (χ4n) is 2.31. The van der Waals surface area contributed by atoms with Gasteiger partial charge in [0.25, 0.3) is 0 Å². The molecule has 1 aliphatic heterocycles. The van der Waals surface area contributed by atoms with Crippen LogP contribution in [-0.4, -0.2) is 55.6 Å². The van der Waals surface area contributed by atoms with Crippen molar-refractivity contribution in [1.82, 2.24) is 10.2 Å². The maximum atomic E-state index is 13.1. The number of carbonyl (C=O) groups excluding carboxylic acids is 2. The van der Waals surface area contributed by atoms with Gasteiger partial charge in [0.05, 0.1) is 19.3 Å². The van der Waals surface area contributed by atoms with Gasteiger partial charge in [-0.25, -0.2) is 4.39 Å². The number of anilines is 1. The second-order valence-corrected chi connectivity index (χ2v) is 5.26. The van der Waals surface area contributed by atoms with Gasteiger partial charge in [0.1, 0.15) is 11.9 Å². The van der Waals surface area contributed by atoms with E-state index in [0.29, 0.717) is 18.8 Å². The number of hydrogen-bond acceptors (Lipinski definition) is 4. The Bertz CT molecular complexity index is 553. The lowest BCUT2D eigenvalue weighted by Crippen LogP contribution is -2.56. The minimum Gasteiger partial charge on any atom is -0.375 e. The standard InChI is InChI=1S/C15H20FN3O3/c1-10-14(17-6-7-22-10)15(21)19(2)9-13(20)18-12-5-3-4-11(16)8-12/h3-5,8,10,14,17H,6-7,9H2,1-2H3,(H,18,20)/t10-,14+/m1/s1. The van der Waals surface area contributed by atoms with E-state index in [1.165, 1.54) is 23.1 Å². The third-order valence-corrected chi connectivity index (χ3v) is 3.45. The van der Waals surface area contributed by atoms with E-state index in [4.69, 9.17) is 4.74 Å².